The summed E-state index contributed by atoms with van der Waals surface area (Å²) in [7, 11) is 1.48. The van der Waals surface area contributed by atoms with Crippen molar-refractivity contribution in [3.63, 3.8) is 0 Å². The van der Waals surface area contributed by atoms with Crippen LogP contribution in [0.4, 0.5) is 0 Å². The molecule has 7 nitrogen and oxygen atoms in total. The smallest absolute Gasteiger partial charge is 0.347 e. The van der Waals surface area contributed by atoms with Crippen LogP contribution in [-0.4, -0.2) is 41.2 Å². The second-order valence-electron chi connectivity index (χ2n) is 7.58. The summed E-state index contributed by atoms with van der Waals surface area (Å²) >= 11 is 0. The third kappa shape index (κ3) is 5.63. The molecule has 166 valence electrons. The van der Waals surface area contributed by atoms with Gasteiger partial charge in [0.1, 0.15) is 11.5 Å². The number of nitrogens with zero attached hydrogens (tertiary/aromatic N) is 1. The SMILES string of the molecule is COc1ccc(C(=O)c2ccc(OCCc3ccccc3)nc2)c(OC(C)(C)C(=O)O)c1. The van der Waals surface area contributed by atoms with Crippen molar-refractivity contribution in [1.82, 2.24) is 4.98 Å². The van der Waals surface area contributed by atoms with Crippen molar-refractivity contribution in [2.45, 2.75) is 25.9 Å². The summed E-state index contributed by atoms with van der Waals surface area (Å²) in [6.45, 7) is 3.28. The summed E-state index contributed by atoms with van der Waals surface area (Å²) in [5.74, 6) is -0.539. The zero-order valence-electron chi connectivity index (χ0n) is 18.2. The zero-order valence-corrected chi connectivity index (χ0v) is 18.2. The quantitative estimate of drug-likeness (QED) is 0.477. The Morgan fingerprint density at radius 1 is 1.03 bits per heavy atom. The van der Waals surface area contributed by atoms with Crippen LogP contribution < -0.4 is 14.2 Å². The van der Waals surface area contributed by atoms with E-state index < -0.39 is 11.6 Å². The van der Waals surface area contributed by atoms with Gasteiger partial charge in [-0.2, -0.15) is 0 Å². The van der Waals surface area contributed by atoms with Crippen molar-refractivity contribution in [3.05, 3.63) is 83.6 Å². The summed E-state index contributed by atoms with van der Waals surface area (Å²) in [5, 5.41) is 9.38. The predicted molar refractivity (Wildman–Crippen MR) is 119 cm³/mol. The first-order valence-electron chi connectivity index (χ1n) is 10.1. The van der Waals surface area contributed by atoms with Crippen LogP contribution in [0.3, 0.4) is 0 Å². The van der Waals surface area contributed by atoms with Gasteiger partial charge in [0.15, 0.2) is 11.4 Å². The highest BCUT2D eigenvalue weighted by Crippen LogP contribution is 2.30. The fourth-order valence-corrected chi connectivity index (χ4v) is 2.89. The maximum atomic E-state index is 13.1. The second kappa shape index (κ2) is 9.96. The molecule has 0 radical (unpaired) electrons. The van der Waals surface area contributed by atoms with Gasteiger partial charge in [-0.05, 0) is 37.6 Å². The number of hydrogen-bond acceptors (Lipinski definition) is 6. The fraction of sp³-hybridized carbons (Fsp3) is 0.240. The molecule has 2 aromatic carbocycles. The lowest BCUT2D eigenvalue weighted by atomic mass is 10.0. The third-order valence-electron chi connectivity index (χ3n) is 4.80. The van der Waals surface area contributed by atoms with Gasteiger partial charge in [0.05, 0.1) is 19.3 Å². The molecule has 1 aromatic heterocycles. The van der Waals surface area contributed by atoms with Crippen LogP contribution in [-0.2, 0) is 11.2 Å². The van der Waals surface area contributed by atoms with Gasteiger partial charge in [0, 0.05) is 30.3 Å². The molecule has 0 amide bonds. The number of aromatic nitrogens is 1. The minimum absolute atomic E-state index is 0.116. The lowest BCUT2D eigenvalue weighted by molar-refractivity contribution is -0.152. The van der Waals surface area contributed by atoms with Crippen LogP contribution >= 0.6 is 0 Å². The molecule has 0 atom stereocenters. The van der Waals surface area contributed by atoms with Gasteiger partial charge < -0.3 is 19.3 Å². The number of carboxylic acids is 1. The summed E-state index contributed by atoms with van der Waals surface area (Å²) in [4.78, 5) is 28.8. The van der Waals surface area contributed by atoms with Crippen LogP contribution in [0.15, 0.2) is 66.9 Å². The molecule has 0 fully saturated rings. The van der Waals surface area contributed by atoms with Crippen LogP contribution in [0.25, 0.3) is 0 Å². The summed E-state index contributed by atoms with van der Waals surface area (Å²) in [5.41, 5.74) is 0.162. The number of ether oxygens (including phenoxy) is 3. The monoisotopic (exact) mass is 435 g/mol. The Balaban J connectivity index is 1.74. The summed E-state index contributed by atoms with van der Waals surface area (Å²) < 4.78 is 16.5. The highest BCUT2D eigenvalue weighted by molar-refractivity contribution is 6.10. The Morgan fingerprint density at radius 2 is 1.78 bits per heavy atom. The minimum atomic E-state index is -1.53. The molecule has 0 unspecified atom stereocenters. The number of carboxylic acid groups (broad SMARTS) is 1. The highest BCUT2D eigenvalue weighted by Gasteiger charge is 2.31. The average molecular weight is 435 g/mol. The number of rotatable bonds is 10. The zero-order chi connectivity index (χ0) is 23.1. The van der Waals surface area contributed by atoms with E-state index in [1.54, 1.807) is 24.3 Å². The van der Waals surface area contributed by atoms with Crippen LogP contribution in [0.2, 0.25) is 0 Å². The summed E-state index contributed by atoms with van der Waals surface area (Å²) in [6.07, 6.45) is 2.17. The van der Waals surface area contributed by atoms with E-state index in [2.05, 4.69) is 4.98 Å². The van der Waals surface area contributed by atoms with E-state index in [-0.39, 0.29) is 17.1 Å². The molecule has 0 saturated heterocycles. The molecule has 3 rings (SSSR count). The largest absolute Gasteiger partial charge is 0.497 e. The first-order valence-corrected chi connectivity index (χ1v) is 10.1. The number of methoxy groups -OCH3 is 1. The van der Waals surface area contributed by atoms with Crippen molar-refractivity contribution in [2.75, 3.05) is 13.7 Å². The Kier molecular flexibility index (Phi) is 7.10. The first kappa shape index (κ1) is 22.8. The molecule has 1 N–H and O–H groups in total. The number of pyridine rings is 1. The fourth-order valence-electron chi connectivity index (χ4n) is 2.89. The molecule has 0 aliphatic heterocycles. The standard InChI is InChI=1S/C25H25NO6/c1-25(2,24(28)29)32-21-15-19(30-3)10-11-20(21)23(27)18-9-12-22(26-16-18)31-14-13-17-7-5-4-6-8-17/h4-12,15-16H,13-14H2,1-3H3,(H,28,29). The van der Waals surface area contributed by atoms with Gasteiger partial charge in [-0.15, -0.1) is 0 Å². The molecule has 0 aliphatic carbocycles. The van der Waals surface area contributed by atoms with E-state index in [0.29, 0.717) is 23.8 Å². The lowest BCUT2D eigenvalue weighted by Crippen LogP contribution is -2.38. The van der Waals surface area contributed by atoms with Gasteiger partial charge in [-0.3, -0.25) is 4.79 Å². The predicted octanol–water partition coefficient (Wildman–Crippen LogP) is 4.18. The topological polar surface area (TPSA) is 95.0 Å². The van der Waals surface area contributed by atoms with E-state index in [9.17, 15) is 14.7 Å². The van der Waals surface area contributed by atoms with E-state index in [1.807, 2.05) is 30.3 Å². The van der Waals surface area contributed by atoms with Crippen LogP contribution in [0.5, 0.6) is 17.4 Å². The van der Waals surface area contributed by atoms with E-state index >= 15 is 0 Å². The molecule has 0 aliphatic rings. The maximum absolute atomic E-state index is 13.1. The molecule has 32 heavy (non-hydrogen) atoms. The molecule has 0 spiro atoms. The van der Waals surface area contributed by atoms with Crippen LogP contribution in [0.1, 0.15) is 35.3 Å². The molecular weight excluding hydrogens is 410 g/mol. The number of ketones is 1. The molecule has 3 aromatic rings. The van der Waals surface area contributed by atoms with Gasteiger partial charge in [-0.25, -0.2) is 9.78 Å². The van der Waals surface area contributed by atoms with Crippen molar-refractivity contribution < 1.29 is 28.9 Å². The number of carbonyl (C=O) groups excluding carboxylic acids is 1. The molecule has 0 saturated carbocycles. The average Bonchev–Trinajstić information content (AvgIpc) is 2.79. The number of carbonyl (C=O) groups is 2. The second-order valence-corrected chi connectivity index (χ2v) is 7.58. The maximum Gasteiger partial charge on any atom is 0.347 e. The number of benzene rings is 2. The van der Waals surface area contributed by atoms with Gasteiger partial charge >= 0.3 is 5.97 Å². The summed E-state index contributed by atoms with van der Waals surface area (Å²) in [6, 6.07) is 17.9. The van der Waals surface area contributed by atoms with E-state index in [4.69, 9.17) is 14.2 Å². The van der Waals surface area contributed by atoms with Crippen molar-refractivity contribution in [2.24, 2.45) is 0 Å². The Morgan fingerprint density at radius 3 is 2.41 bits per heavy atom. The molecule has 7 heteroatoms. The highest BCUT2D eigenvalue weighted by atomic mass is 16.5. The lowest BCUT2D eigenvalue weighted by Gasteiger charge is -2.23. The molecule has 0 bridgehead atoms. The van der Waals surface area contributed by atoms with Crippen molar-refractivity contribution in [3.8, 4) is 17.4 Å². The third-order valence-corrected chi connectivity index (χ3v) is 4.80. The minimum Gasteiger partial charge on any atom is -0.497 e. The van der Waals surface area contributed by atoms with Crippen molar-refractivity contribution in [1.29, 1.82) is 0 Å². The molecular formula is C25H25NO6. The van der Waals surface area contributed by atoms with E-state index in [1.165, 1.54) is 33.2 Å². The van der Waals surface area contributed by atoms with Gasteiger partial charge in [-0.1, -0.05) is 30.3 Å². The van der Waals surface area contributed by atoms with E-state index in [0.717, 1.165) is 12.0 Å². The Hall–Kier alpha value is -3.87. The van der Waals surface area contributed by atoms with Crippen molar-refractivity contribution >= 4 is 11.8 Å². The number of aliphatic carboxylic acids is 1. The Labute approximate surface area is 186 Å². The van der Waals surface area contributed by atoms with Gasteiger partial charge in [0.25, 0.3) is 0 Å². The Bertz CT molecular complexity index is 1080. The first-order chi connectivity index (χ1) is 15.3. The van der Waals surface area contributed by atoms with Crippen LogP contribution in [0, 0.1) is 0 Å². The normalized spacial score (nSPS) is 11.0. The number of hydrogen-bond donors (Lipinski definition) is 1. The van der Waals surface area contributed by atoms with Gasteiger partial charge in [0.2, 0.25) is 5.88 Å². The molecule has 1 heterocycles.